The molecule has 0 amide bonds. The number of hydrogen-bond acceptors (Lipinski definition) is 4. The molecule has 0 aliphatic heterocycles. The number of nitrogens with zero attached hydrogens (tertiary/aromatic N) is 1. The zero-order valence-electron chi connectivity index (χ0n) is 10.6. The minimum atomic E-state index is -0.179. The zero-order chi connectivity index (χ0) is 12.1. The highest BCUT2D eigenvalue weighted by molar-refractivity contribution is 5.75. The Bertz CT molecular complexity index is 233. The Morgan fingerprint density at radius 3 is 2.69 bits per heavy atom. The molecule has 0 bridgehead atoms. The molecule has 4 nitrogen and oxygen atoms in total. The molecule has 1 fully saturated rings. The van der Waals surface area contributed by atoms with Crippen LogP contribution in [-0.2, 0) is 9.53 Å². The first-order valence-electron chi connectivity index (χ1n) is 6.11. The molecule has 0 heterocycles. The minimum Gasteiger partial charge on any atom is -0.468 e. The highest BCUT2D eigenvalue weighted by atomic mass is 16.5. The van der Waals surface area contributed by atoms with Crippen molar-refractivity contribution in [3.63, 3.8) is 0 Å². The zero-order valence-corrected chi connectivity index (χ0v) is 10.6. The Balaban J connectivity index is 2.62. The second-order valence-electron chi connectivity index (χ2n) is 4.71. The van der Waals surface area contributed by atoms with Crippen LogP contribution in [0.5, 0.6) is 0 Å². The monoisotopic (exact) mass is 228 g/mol. The van der Waals surface area contributed by atoms with Gasteiger partial charge in [0.15, 0.2) is 0 Å². The summed E-state index contributed by atoms with van der Waals surface area (Å²) in [6.45, 7) is 2.61. The number of carbonyl (C=O) groups is 1. The Morgan fingerprint density at radius 1 is 1.50 bits per heavy atom. The molecule has 0 radical (unpaired) electrons. The van der Waals surface area contributed by atoms with Gasteiger partial charge < -0.3 is 10.5 Å². The SMILES string of the molecule is COC(=O)C(C)N(C)C1CCCCC1CN. The van der Waals surface area contributed by atoms with E-state index in [0.29, 0.717) is 18.5 Å². The van der Waals surface area contributed by atoms with Gasteiger partial charge in [0, 0.05) is 6.04 Å². The van der Waals surface area contributed by atoms with Gasteiger partial charge in [0.25, 0.3) is 0 Å². The van der Waals surface area contributed by atoms with Crippen molar-refractivity contribution in [2.75, 3.05) is 20.7 Å². The molecule has 94 valence electrons. The first kappa shape index (κ1) is 13.5. The van der Waals surface area contributed by atoms with Gasteiger partial charge in [-0.15, -0.1) is 0 Å². The highest BCUT2D eigenvalue weighted by Crippen LogP contribution is 2.28. The number of rotatable bonds is 4. The van der Waals surface area contributed by atoms with E-state index in [2.05, 4.69) is 4.90 Å². The van der Waals surface area contributed by atoms with E-state index in [1.54, 1.807) is 0 Å². The highest BCUT2D eigenvalue weighted by Gasteiger charge is 2.32. The molecule has 4 heteroatoms. The van der Waals surface area contributed by atoms with Crippen molar-refractivity contribution in [3.05, 3.63) is 0 Å². The molecular formula is C12H24N2O2. The predicted octanol–water partition coefficient (Wildman–Crippen LogP) is 0.997. The number of carbonyl (C=O) groups excluding carboxylic acids is 1. The van der Waals surface area contributed by atoms with Gasteiger partial charge in [-0.05, 0) is 39.3 Å². The Labute approximate surface area is 98.1 Å². The minimum absolute atomic E-state index is 0.163. The number of likely N-dealkylation sites (N-methyl/N-ethyl adjacent to an activating group) is 1. The summed E-state index contributed by atoms with van der Waals surface area (Å²) in [7, 11) is 3.44. The lowest BCUT2D eigenvalue weighted by Gasteiger charge is -2.39. The molecule has 16 heavy (non-hydrogen) atoms. The number of ether oxygens (including phenoxy) is 1. The van der Waals surface area contributed by atoms with Crippen LogP contribution < -0.4 is 5.73 Å². The van der Waals surface area contributed by atoms with Crippen LogP contribution in [-0.4, -0.2) is 43.7 Å². The van der Waals surface area contributed by atoms with Crippen LogP contribution in [0.3, 0.4) is 0 Å². The second kappa shape index (κ2) is 6.21. The van der Waals surface area contributed by atoms with Gasteiger partial charge in [-0.1, -0.05) is 12.8 Å². The number of nitrogens with two attached hydrogens (primary N) is 1. The number of esters is 1. The van der Waals surface area contributed by atoms with Gasteiger partial charge in [0.05, 0.1) is 7.11 Å². The van der Waals surface area contributed by atoms with Gasteiger partial charge >= 0.3 is 5.97 Å². The van der Waals surface area contributed by atoms with E-state index < -0.39 is 0 Å². The summed E-state index contributed by atoms with van der Waals surface area (Å²) < 4.78 is 4.78. The molecule has 3 atom stereocenters. The van der Waals surface area contributed by atoms with E-state index in [1.165, 1.54) is 26.4 Å². The summed E-state index contributed by atoms with van der Waals surface area (Å²) in [6.07, 6.45) is 4.82. The van der Waals surface area contributed by atoms with Gasteiger partial charge in [0.2, 0.25) is 0 Å². The summed E-state index contributed by atoms with van der Waals surface area (Å²) in [5.74, 6) is 0.356. The molecule has 0 aromatic carbocycles. The summed E-state index contributed by atoms with van der Waals surface area (Å²) in [4.78, 5) is 13.6. The molecule has 1 aliphatic rings. The normalized spacial score (nSPS) is 27.8. The Hall–Kier alpha value is -0.610. The summed E-state index contributed by atoms with van der Waals surface area (Å²) in [5.41, 5.74) is 5.80. The summed E-state index contributed by atoms with van der Waals surface area (Å²) in [5, 5.41) is 0. The Kier molecular flexibility index (Phi) is 5.22. The third-order valence-electron chi connectivity index (χ3n) is 3.85. The molecule has 0 saturated heterocycles. The molecule has 3 unspecified atom stereocenters. The van der Waals surface area contributed by atoms with E-state index in [1.807, 2.05) is 14.0 Å². The fourth-order valence-corrected chi connectivity index (χ4v) is 2.62. The molecule has 0 aromatic heterocycles. The van der Waals surface area contributed by atoms with Crippen molar-refractivity contribution in [1.82, 2.24) is 4.90 Å². The molecule has 1 saturated carbocycles. The van der Waals surface area contributed by atoms with Gasteiger partial charge in [-0.2, -0.15) is 0 Å². The van der Waals surface area contributed by atoms with Crippen LogP contribution in [0.25, 0.3) is 0 Å². The van der Waals surface area contributed by atoms with Crippen LogP contribution in [0.15, 0.2) is 0 Å². The average molecular weight is 228 g/mol. The first-order chi connectivity index (χ1) is 7.61. The largest absolute Gasteiger partial charge is 0.468 e. The van der Waals surface area contributed by atoms with E-state index >= 15 is 0 Å². The summed E-state index contributed by atoms with van der Waals surface area (Å²) in [6, 6.07) is 0.245. The van der Waals surface area contributed by atoms with E-state index in [0.717, 1.165) is 6.42 Å². The lowest BCUT2D eigenvalue weighted by Crippen LogP contribution is -2.49. The van der Waals surface area contributed by atoms with E-state index in [4.69, 9.17) is 10.5 Å². The molecule has 1 aliphatic carbocycles. The van der Waals surface area contributed by atoms with Crippen molar-refractivity contribution in [3.8, 4) is 0 Å². The van der Waals surface area contributed by atoms with Crippen molar-refractivity contribution >= 4 is 5.97 Å². The topological polar surface area (TPSA) is 55.6 Å². The van der Waals surface area contributed by atoms with Gasteiger partial charge in [0.1, 0.15) is 6.04 Å². The lowest BCUT2D eigenvalue weighted by molar-refractivity contribution is -0.147. The maximum atomic E-state index is 11.5. The maximum Gasteiger partial charge on any atom is 0.322 e. The average Bonchev–Trinajstić information content (AvgIpc) is 2.35. The van der Waals surface area contributed by atoms with Crippen LogP contribution in [0.1, 0.15) is 32.6 Å². The van der Waals surface area contributed by atoms with Crippen LogP contribution >= 0.6 is 0 Å². The standard InChI is InChI=1S/C12H24N2O2/c1-9(12(15)16-3)14(2)11-7-5-4-6-10(11)8-13/h9-11H,4-8,13H2,1-3H3. The smallest absolute Gasteiger partial charge is 0.322 e. The van der Waals surface area contributed by atoms with Crippen molar-refractivity contribution in [1.29, 1.82) is 0 Å². The van der Waals surface area contributed by atoms with E-state index in [-0.39, 0.29) is 12.0 Å². The van der Waals surface area contributed by atoms with Crippen LogP contribution in [0.4, 0.5) is 0 Å². The van der Waals surface area contributed by atoms with Crippen molar-refractivity contribution in [2.24, 2.45) is 11.7 Å². The molecule has 0 aromatic rings. The fourth-order valence-electron chi connectivity index (χ4n) is 2.62. The number of hydrogen-bond donors (Lipinski definition) is 1. The summed E-state index contributed by atoms with van der Waals surface area (Å²) >= 11 is 0. The quantitative estimate of drug-likeness (QED) is 0.729. The third-order valence-corrected chi connectivity index (χ3v) is 3.85. The first-order valence-corrected chi connectivity index (χ1v) is 6.11. The molecule has 2 N–H and O–H groups in total. The maximum absolute atomic E-state index is 11.5. The van der Waals surface area contributed by atoms with Crippen LogP contribution in [0.2, 0.25) is 0 Å². The molecular weight excluding hydrogens is 204 g/mol. The van der Waals surface area contributed by atoms with Gasteiger partial charge in [-0.25, -0.2) is 0 Å². The Morgan fingerprint density at radius 2 is 2.12 bits per heavy atom. The van der Waals surface area contributed by atoms with Crippen molar-refractivity contribution < 1.29 is 9.53 Å². The van der Waals surface area contributed by atoms with Crippen molar-refractivity contribution in [2.45, 2.75) is 44.7 Å². The fraction of sp³-hybridized carbons (Fsp3) is 0.917. The van der Waals surface area contributed by atoms with Crippen LogP contribution in [0, 0.1) is 5.92 Å². The van der Waals surface area contributed by atoms with Gasteiger partial charge in [-0.3, -0.25) is 9.69 Å². The molecule has 0 spiro atoms. The number of methoxy groups -OCH3 is 1. The third kappa shape index (κ3) is 2.95. The molecule has 1 rings (SSSR count). The predicted molar refractivity (Wildman–Crippen MR) is 64.0 cm³/mol. The van der Waals surface area contributed by atoms with E-state index in [9.17, 15) is 4.79 Å². The second-order valence-corrected chi connectivity index (χ2v) is 4.71. The lowest BCUT2D eigenvalue weighted by atomic mass is 9.83.